The fourth-order valence-corrected chi connectivity index (χ4v) is 5.42. The van der Waals surface area contributed by atoms with Crippen molar-refractivity contribution in [3.63, 3.8) is 0 Å². The lowest BCUT2D eigenvalue weighted by molar-refractivity contribution is 0.730. The molecule has 43 heavy (non-hydrogen) atoms. The van der Waals surface area contributed by atoms with Crippen LogP contribution < -0.4 is 16.8 Å². The number of nitrogen functional groups attached to an aromatic ring is 2. The highest BCUT2D eigenvalue weighted by Gasteiger charge is 2.44. The Morgan fingerprint density at radius 3 is 1.77 bits per heavy atom. The van der Waals surface area contributed by atoms with E-state index in [0.29, 0.717) is 5.15 Å². The van der Waals surface area contributed by atoms with E-state index in [1.54, 1.807) is 6.07 Å². The molecular formula is C34H35Cl2N7. The highest BCUT2D eigenvalue weighted by molar-refractivity contribution is 6.30. The summed E-state index contributed by atoms with van der Waals surface area (Å²) in [7, 11) is 0. The third-order valence-corrected chi connectivity index (χ3v) is 8.58. The summed E-state index contributed by atoms with van der Waals surface area (Å²) in [6.45, 7) is 9.14. The molecule has 0 bridgehead atoms. The van der Waals surface area contributed by atoms with E-state index in [1.807, 2.05) is 36.4 Å². The fraction of sp³-hybridized carbons (Fsp3) is 0.235. The van der Waals surface area contributed by atoms with Crippen LogP contribution in [0.3, 0.4) is 0 Å². The molecule has 0 saturated heterocycles. The Kier molecular flexibility index (Phi) is 8.85. The summed E-state index contributed by atoms with van der Waals surface area (Å²) in [6.07, 6.45) is 2.32. The summed E-state index contributed by atoms with van der Waals surface area (Å²) in [6, 6.07) is 24.1. The summed E-state index contributed by atoms with van der Waals surface area (Å²) < 4.78 is 0. The van der Waals surface area contributed by atoms with Crippen LogP contribution in [0.25, 0.3) is 22.5 Å². The Balaban J connectivity index is 0.000000196. The van der Waals surface area contributed by atoms with E-state index >= 15 is 0 Å². The molecule has 0 aliphatic heterocycles. The number of hydrogen-bond acceptors (Lipinski definition) is 7. The van der Waals surface area contributed by atoms with Gasteiger partial charge in [-0.25, -0.2) is 15.0 Å². The number of aryl methyl sites for hydroxylation is 2. The highest BCUT2D eigenvalue weighted by atomic mass is 35.5. The zero-order chi connectivity index (χ0) is 30.7. The normalized spacial score (nSPS) is 13.2. The van der Waals surface area contributed by atoms with Crippen LogP contribution in [0.1, 0.15) is 40.7 Å². The molecule has 5 N–H and O–H groups in total. The second-order valence-corrected chi connectivity index (χ2v) is 11.9. The van der Waals surface area contributed by atoms with E-state index in [4.69, 9.17) is 34.7 Å². The number of anilines is 3. The van der Waals surface area contributed by atoms with Crippen molar-refractivity contribution in [1.82, 2.24) is 19.9 Å². The van der Waals surface area contributed by atoms with Crippen LogP contribution in [0.5, 0.6) is 0 Å². The van der Waals surface area contributed by atoms with Crippen molar-refractivity contribution in [2.45, 2.75) is 46.0 Å². The molecule has 9 heteroatoms. The van der Waals surface area contributed by atoms with Crippen molar-refractivity contribution in [1.29, 1.82) is 0 Å². The molecule has 6 rings (SSSR count). The first-order chi connectivity index (χ1) is 20.5. The predicted molar refractivity (Wildman–Crippen MR) is 179 cm³/mol. The molecule has 3 aromatic carbocycles. The minimum absolute atomic E-state index is 0.156. The topological polar surface area (TPSA) is 116 Å². The van der Waals surface area contributed by atoms with E-state index in [2.05, 4.69) is 83.3 Å². The molecule has 1 fully saturated rings. The van der Waals surface area contributed by atoms with E-state index in [-0.39, 0.29) is 17.3 Å². The largest absolute Gasteiger partial charge is 0.369 e. The van der Waals surface area contributed by atoms with Crippen molar-refractivity contribution in [2.24, 2.45) is 0 Å². The molecule has 1 saturated carbocycles. The van der Waals surface area contributed by atoms with E-state index in [0.717, 1.165) is 52.7 Å². The average Bonchev–Trinajstić information content (AvgIpc) is 3.76. The molecule has 2 aromatic heterocycles. The molecular weight excluding hydrogens is 577 g/mol. The predicted octanol–water partition coefficient (Wildman–Crippen LogP) is 8.14. The van der Waals surface area contributed by atoms with Crippen molar-refractivity contribution >= 4 is 40.9 Å². The van der Waals surface area contributed by atoms with Crippen molar-refractivity contribution in [3.8, 4) is 22.5 Å². The molecule has 2 heterocycles. The first kappa shape index (κ1) is 30.3. The third-order valence-electron chi connectivity index (χ3n) is 8.13. The van der Waals surface area contributed by atoms with Gasteiger partial charge in [0, 0.05) is 40.2 Å². The number of aromatic nitrogens is 4. The van der Waals surface area contributed by atoms with Crippen LogP contribution in [-0.4, -0.2) is 26.5 Å². The van der Waals surface area contributed by atoms with Crippen LogP contribution in [0.15, 0.2) is 72.8 Å². The second kappa shape index (κ2) is 12.6. The lowest BCUT2D eigenvalue weighted by Gasteiger charge is -2.18. The lowest BCUT2D eigenvalue weighted by Crippen LogP contribution is -2.20. The third kappa shape index (κ3) is 7.07. The number of halogens is 2. The van der Waals surface area contributed by atoms with Crippen LogP contribution in [-0.2, 0) is 5.41 Å². The Morgan fingerprint density at radius 2 is 1.23 bits per heavy atom. The zero-order valence-electron chi connectivity index (χ0n) is 24.7. The molecule has 1 aliphatic rings. The summed E-state index contributed by atoms with van der Waals surface area (Å²) in [5.74, 6) is 1.24. The molecule has 0 radical (unpaired) electrons. The highest BCUT2D eigenvalue weighted by Crippen LogP contribution is 2.48. The minimum Gasteiger partial charge on any atom is -0.369 e. The van der Waals surface area contributed by atoms with Gasteiger partial charge >= 0.3 is 0 Å². The van der Waals surface area contributed by atoms with Gasteiger partial charge in [-0.3, -0.25) is 0 Å². The maximum absolute atomic E-state index is 6.03. The average molecular weight is 613 g/mol. The summed E-state index contributed by atoms with van der Waals surface area (Å²) in [4.78, 5) is 16.9. The van der Waals surface area contributed by atoms with Gasteiger partial charge < -0.3 is 16.8 Å². The van der Waals surface area contributed by atoms with Crippen LogP contribution in [0.2, 0.25) is 10.2 Å². The minimum atomic E-state index is 0.156. The molecule has 220 valence electrons. The van der Waals surface area contributed by atoms with Gasteiger partial charge in [0.05, 0.1) is 11.4 Å². The number of rotatable bonds is 6. The van der Waals surface area contributed by atoms with Crippen molar-refractivity contribution < 1.29 is 0 Å². The molecule has 0 spiro atoms. The van der Waals surface area contributed by atoms with Crippen molar-refractivity contribution in [3.05, 3.63) is 111 Å². The first-order valence-corrected chi connectivity index (χ1v) is 14.9. The van der Waals surface area contributed by atoms with Crippen LogP contribution >= 0.6 is 23.2 Å². The summed E-state index contributed by atoms with van der Waals surface area (Å²) >= 11 is 11.9. The molecule has 0 amide bonds. The number of nitrogens with one attached hydrogen (secondary N) is 1. The maximum atomic E-state index is 6.03. The van der Waals surface area contributed by atoms with E-state index in [9.17, 15) is 0 Å². The van der Waals surface area contributed by atoms with E-state index in [1.165, 1.54) is 27.8 Å². The Labute approximate surface area is 262 Å². The van der Waals surface area contributed by atoms with Gasteiger partial charge in [-0.1, -0.05) is 71.7 Å². The smallest absolute Gasteiger partial charge is 0.222 e. The van der Waals surface area contributed by atoms with E-state index < -0.39 is 0 Å². The number of hydrogen-bond donors (Lipinski definition) is 3. The van der Waals surface area contributed by atoms with Gasteiger partial charge in [-0.2, -0.15) is 4.98 Å². The molecule has 5 aromatic rings. The fourth-order valence-electron chi connectivity index (χ4n) is 5.11. The summed E-state index contributed by atoms with van der Waals surface area (Å²) in [5, 5.41) is 4.61. The van der Waals surface area contributed by atoms with Gasteiger partial charge in [0.25, 0.3) is 0 Å². The molecule has 1 aliphatic carbocycles. The van der Waals surface area contributed by atoms with Gasteiger partial charge in [-0.05, 0) is 80.5 Å². The monoisotopic (exact) mass is 611 g/mol. The Hall–Kier alpha value is -4.20. The van der Waals surface area contributed by atoms with Gasteiger partial charge in [-0.15, -0.1) is 0 Å². The van der Waals surface area contributed by atoms with Gasteiger partial charge in [0.15, 0.2) is 0 Å². The molecule has 0 unspecified atom stereocenters. The maximum Gasteiger partial charge on any atom is 0.222 e. The van der Waals surface area contributed by atoms with Gasteiger partial charge in [0.1, 0.15) is 11.0 Å². The number of nitrogens with two attached hydrogens (primary N) is 2. The van der Waals surface area contributed by atoms with Crippen molar-refractivity contribution in [2.75, 3.05) is 23.3 Å². The quantitative estimate of drug-likeness (QED) is 0.166. The van der Waals surface area contributed by atoms with Gasteiger partial charge in [0.2, 0.25) is 11.9 Å². The first-order valence-electron chi connectivity index (χ1n) is 14.1. The SMILES string of the molecule is Cc1cccc(-c2cc(Cl)nc(N)n2)c1C.Cc1cccc(-c2cc(NCC3(c4ccc(Cl)cc4)CC3)nc(N)n2)c1C. The summed E-state index contributed by atoms with van der Waals surface area (Å²) in [5.41, 5.74) is 21.6. The second-order valence-electron chi connectivity index (χ2n) is 11.1. The zero-order valence-corrected chi connectivity index (χ0v) is 26.3. The standard InChI is InChI=1S/C22H23ClN4.C12H12ClN3/c1-14-4-3-5-18(15(14)2)19-12-20(27-21(24)26-19)25-13-22(10-11-22)16-6-8-17(23)9-7-16;1-7-4-3-5-9(8(7)2)10-6-11(13)16-12(14)15-10/h3-9,12H,10-11,13H2,1-2H3,(H3,24,25,26,27);3-6H,1-2H3,(H2,14,15,16). The number of benzene rings is 3. The lowest BCUT2D eigenvalue weighted by atomic mass is 9.96. The van der Waals surface area contributed by atoms with Crippen LogP contribution in [0.4, 0.5) is 17.7 Å². The molecule has 7 nitrogen and oxygen atoms in total. The molecule has 0 atom stereocenters. The Bertz CT molecular complexity index is 1750. The van der Waals surface area contributed by atoms with Crippen LogP contribution in [0, 0.1) is 27.7 Å². The Morgan fingerprint density at radius 1 is 0.698 bits per heavy atom. The number of nitrogens with zero attached hydrogens (tertiary/aromatic N) is 4.